The van der Waals surface area contributed by atoms with Crippen LogP contribution < -0.4 is 0 Å². The molecule has 1 heterocycles. The van der Waals surface area contributed by atoms with Gasteiger partial charge < -0.3 is 4.42 Å². The third-order valence-electron chi connectivity index (χ3n) is 14.0. The minimum absolute atomic E-state index is 0.635. The average Bonchev–Trinajstić information content (AvgIpc) is 3.83. The maximum absolute atomic E-state index is 6.16. The van der Waals surface area contributed by atoms with Crippen LogP contribution >= 0.6 is 0 Å². The normalized spacial score (nSPS) is 11.9. The van der Waals surface area contributed by atoms with Gasteiger partial charge in [-0.2, -0.15) is 0 Å². The molecule has 0 radical (unpaired) electrons. The van der Waals surface area contributed by atoms with Gasteiger partial charge in [0.25, 0.3) is 0 Å². The molecule has 0 spiro atoms. The van der Waals surface area contributed by atoms with Crippen LogP contribution in [-0.4, -0.2) is 4.98 Å². The summed E-state index contributed by atoms with van der Waals surface area (Å²) >= 11 is 0. The van der Waals surface area contributed by atoms with E-state index in [-0.39, 0.29) is 0 Å². The maximum atomic E-state index is 6.16. The monoisotopic (exact) mass is 849 g/mol. The van der Waals surface area contributed by atoms with Crippen molar-refractivity contribution < 1.29 is 4.42 Å². The van der Waals surface area contributed by atoms with Gasteiger partial charge in [-0.05, 0) is 168 Å². The third kappa shape index (κ3) is 6.00. The second-order valence-corrected chi connectivity index (χ2v) is 17.8. The average molecular weight is 850 g/mol. The zero-order valence-corrected chi connectivity index (χ0v) is 36.4. The summed E-state index contributed by atoms with van der Waals surface area (Å²) in [5.74, 6) is 0.635. The van der Waals surface area contributed by atoms with Crippen molar-refractivity contribution in [1.82, 2.24) is 4.98 Å². The summed E-state index contributed by atoms with van der Waals surface area (Å²) < 4.78 is 6.16. The van der Waals surface area contributed by atoms with Crippen LogP contribution in [0.25, 0.3) is 142 Å². The SMILES string of the molecule is c1ccc2cc(-c3c4ccccc4c(-c4ccc5ccccc5c4)c4cc(-c5c6ccccc6c(-c6ccc7cc(-c8nc9ccccc9o8)ccc7c6)c6ccccc56)ccc34)ccc2c1. The fraction of sp³-hybridized carbons (Fsp3) is 0. The van der Waals surface area contributed by atoms with Gasteiger partial charge in [0.15, 0.2) is 5.58 Å². The lowest BCUT2D eigenvalue weighted by Gasteiger charge is -2.21. The zero-order chi connectivity index (χ0) is 44.0. The number of hydrogen-bond acceptors (Lipinski definition) is 2. The van der Waals surface area contributed by atoms with Crippen molar-refractivity contribution in [2.75, 3.05) is 0 Å². The Labute approximate surface area is 386 Å². The van der Waals surface area contributed by atoms with Gasteiger partial charge in [0.2, 0.25) is 5.89 Å². The van der Waals surface area contributed by atoms with Crippen LogP contribution in [0.4, 0.5) is 0 Å². The highest BCUT2D eigenvalue weighted by Gasteiger charge is 2.21. The number of aromatic nitrogens is 1. The zero-order valence-electron chi connectivity index (χ0n) is 36.4. The molecular weight excluding hydrogens is 811 g/mol. The molecule has 14 aromatic rings. The summed E-state index contributed by atoms with van der Waals surface area (Å²) in [7, 11) is 0. The van der Waals surface area contributed by atoms with E-state index in [1.54, 1.807) is 0 Å². The van der Waals surface area contributed by atoms with Gasteiger partial charge in [0.1, 0.15) is 5.52 Å². The van der Waals surface area contributed by atoms with Crippen LogP contribution in [0.5, 0.6) is 0 Å². The summed E-state index contributed by atoms with van der Waals surface area (Å²) in [5, 5.41) is 17.1. The second kappa shape index (κ2) is 14.9. The third-order valence-corrected chi connectivity index (χ3v) is 14.0. The van der Waals surface area contributed by atoms with Crippen LogP contribution in [-0.2, 0) is 0 Å². The summed E-state index contributed by atoms with van der Waals surface area (Å²) in [5.41, 5.74) is 12.4. The van der Waals surface area contributed by atoms with Gasteiger partial charge >= 0.3 is 0 Å². The van der Waals surface area contributed by atoms with Crippen molar-refractivity contribution in [3.63, 3.8) is 0 Å². The number of hydrogen-bond donors (Lipinski definition) is 0. The van der Waals surface area contributed by atoms with E-state index >= 15 is 0 Å². The summed E-state index contributed by atoms with van der Waals surface area (Å²) in [6, 6.07) is 86.7. The number of oxazole rings is 1. The predicted molar refractivity (Wildman–Crippen MR) is 284 cm³/mol. The first-order valence-corrected chi connectivity index (χ1v) is 23.0. The highest BCUT2D eigenvalue weighted by atomic mass is 16.3. The first kappa shape index (κ1) is 37.5. The summed E-state index contributed by atoms with van der Waals surface area (Å²) in [4.78, 5) is 4.78. The summed E-state index contributed by atoms with van der Waals surface area (Å²) in [6.07, 6.45) is 0. The molecule has 0 atom stereocenters. The molecule has 13 aromatic carbocycles. The molecule has 0 fully saturated rings. The molecule has 1 aromatic heterocycles. The number of para-hydroxylation sites is 2. The smallest absolute Gasteiger partial charge is 0.227 e. The van der Waals surface area contributed by atoms with Crippen LogP contribution in [0.15, 0.2) is 241 Å². The Morgan fingerprint density at radius 1 is 0.239 bits per heavy atom. The molecule has 0 aliphatic carbocycles. The molecule has 0 saturated carbocycles. The lowest BCUT2D eigenvalue weighted by molar-refractivity contribution is 0.620. The topological polar surface area (TPSA) is 26.0 Å². The molecule has 0 amide bonds. The van der Waals surface area contributed by atoms with E-state index in [0.29, 0.717) is 5.89 Å². The van der Waals surface area contributed by atoms with E-state index < -0.39 is 0 Å². The van der Waals surface area contributed by atoms with E-state index in [9.17, 15) is 0 Å². The van der Waals surface area contributed by atoms with Crippen molar-refractivity contribution >= 4 is 86.5 Å². The lowest BCUT2D eigenvalue weighted by atomic mass is 9.82. The lowest BCUT2D eigenvalue weighted by Crippen LogP contribution is -1.94. The molecule has 0 bridgehead atoms. The van der Waals surface area contributed by atoms with Crippen LogP contribution in [0.3, 0.4) is 0 Å². The van der Waals surface area contributed by atoms with Crippen LogP contribution in [0, 0.1) is 0 Å². The van der Waals surface area contributed by atoms with E-state index in [2.05, 4.69) is 212 Å². The van der Waals surface area contributed by atoms with E-state index in [4.69, 9.17) is 9.40 Å². The molecular formula is C65H39NO. The van der Waals surface area contributed by atoms with Gasteiger partial charge in [0.05, 0.1) is 0 Å². The Morgan fingerprint density at radius 3 is 1.06 bits per heavy atom. The van der Waals surface area contributed by atoms with Gasteiger partial charge in [-0.25, -0.2) is 4.98 Å². The Balaban J connectivity index is 1.01. The number of nitrogens with zero attached hydrogens (tertiary/aromatic N) is 1. The molecule has 0 unspecified atom stereocenters. The van der Waals surface area contributed by atoms with Crippen LogP contribution in [0.2, 0.25) is 0 Å². The standard InChI is InChI=1S/C65H39NO/c1-3-15-42-35-46(29-25-40(42)13-1)62-55-21-9-10-22-56(55)64(48-30-26-41-14-2-4-16-43(41)36-48)58-39-49(33-34-57(58)62)63-53-19-7-5-17-51(53)61(52-18-6-8-20-54(52)63)47-31-27-45-38-50(32-28-44(45)37-47)65-66-59-23-11-12-24-60(59)67-65/h1-39H. The molecule has 14 rings (SSSR count). The van der Waals surface area contributed by atoms with Gasteiger partial charge in [-0.1, -0.05) is 188 Å². The Morgan fingerprint density at radius 2 is 0.567 bits per heavy atom. The number of benzene rings is 13. The molecule has 2 nitrogen and oxygen atoms in total. The van der Waals surface area contributed by atoms with Crippen molar-refractivity contribution in [1.29, 1.82) is 0 Å². The van der Waals surface area contributed by atoms with Crippen molar-refractivity contribution in [2.24, 2.45) is 0 Å². The maximum Gasteiger partial charge on any atom is 0.227 e. The van der Waals surface area contributed by atoms with Crippen molar-refractivity contribution in [2.45, 2.75) is 0 Å². The minimum Gasteiger partial charge on any atom is -0.436 e. The quantitative estimate of drug-likeness (QED) is 0.161. The number of fused-ring (bicyclic) bond motifs is 8. The second-order valence-electron chi connectivity index (χ2n) is 17.8. The minimum atomic E-state index is 0.635. The Bertz CT molecular complexity index is 4260. The molecule has 67 heavy (non-hydrogen) atoms. The van der Waals surface area contributed by atoms with Crippen molar-refractivity contribution in [3.8, 4) is 56.0 Å². The Hall–Kier alpha value is -8.85. The van der Waals surface area contributed by atoms with E-state index in [1.807, 2.05) is 24.3 Å². The van der Waals surface area contributed by atoms with Gasteiger partial charge in [-0.15, -0.1) is 0 Å². The molecule has 0 N–H and O–H groups in total. The van der Waals surface area contributed by atoms with Gasteiger partial charge in [0, 0.05) is 5.56 Å². The summed E-state index contributed by atoms with van der Waals surface area (Å²) in [6.45, 7) is 0. The van der Waals surface area contributed by atoms with E-state index in [0.717, 1.165) is 22.0 Å². The van der Waals surface area contributed by atoms with E-state index in [1.165, 1.54) is 115 Å². The van der Waals surface area contributed by atoms with Gasteiger partial charge in [-0.3, -0.25) is 0 Å². The predicted octanol–water partition coefficient (Wildman–Crippen LogP) is 18.2. The fourth-order valence-electron chi connectivity index (χ4n) is 10.9. The molecule has 0 aliphatic rings. The largest absolute Gasteiger partial charge is 0.436 e. The first-order chi connectivity index (χ1) is 33.2. The highest BCUT2D eigenvalue weighted by molar-refractivity contribution is 6.25. The van der Waals surface area contributed by atoms with Crippen molar-refractivity contribution in [3.05, 3.63) is 237 Å². The molecule has 310 valence electrons. The molecule has 0 aliphatic heterocycles. The molecule has 0 saturated heterocycles. The highest BCUT2D eigenvalue weighted by Crippen LogP contribution is 2.49. The Kier molecular flexibility index (Phi) is 8.32. The fourth-order valence-corrected chi connectivity index (χ4v) is 10.9. The number of rotatable bonds is 5. The first-order valence-electron chi connectivity index (χ1n) is 23.0. The molecule has 2 heteroatoms. The van der Waals surface area contributed by atoms with Crippen LogP contribution in [0.1, 0.15) is 0 Å².